The van der Waals surface area contributed by atoms with Crippen LogP contribution in [-0.4, -0.2) is 16.2 Å². The standard InChI is InChI=1S/C26H17ClO4/c27-21-15-12-16-6-4-5-9-20(16)22(21)17-10-13-19(14-11-17)26(18-7-2-1-3-8-18)24(29)23(28)25(30)31-26/h1-15,28-29H. The summed E-state index contributed by atoms with van der Waals surface area (Å²) in [5.74, 6) is -2.29. The first-order chi connectivity index (χ1) is 15.0. The summed E-state index contributed by atoms with van der Waals surface area (Å²) in [5, 5.41) is 23.5. The maximum atomic E-state index is 12.1. The van der Waals surface area contributed by atoms with Crippen molar-refractivity contribution in [2.24, 2.45) is 0 Å². The number of cyclic esters (lactones) is 1. The van der Waals surface area contributed by atoms with Crippen LogP contribution in [0.4, 0.5) is 0 Å². The number of benzene rings is 4. The van der Waals surface area contributed by atoms with Crippen LogP contribution in [-0.2, 0) is 15.1 Å². The van der Waals surface area contributed by atoms with Gasteiger partial charge in [0.1, 0.15) is 0 Å². The minimum Gasteiger partial charge on any atom is -0.504 e. The van der Waals surface area contributed by atoms with Crippen LogP contribution in [0.5, 0.6) is 0 Å². The average molecular weight is 429 g/mol. The second-order valence-electron chi connectivity index (χ2n) is 7.35. The van der Waals surface area contributed by atoms with Crippen LogP contribution in [0.25, 0.3) is 21.9 Å². The van der Waals surface area contributed by atoms with E-state index in [0.29, 0.717) is 16.1 Å². The molecule has 0 bridgehead atoms. The van der Waals surface area contributed by atoms with Crippen molar-refractivity contribution < 1.29 is 19.7 Å². The van der Waals surface area contributed by atoms with E-state index in [9.17, 15) is 15.0 Å². The Balaban J connectivity index is 1.68. The van der Waals surface area contributed by atoms with Gasteiger partial charge in [-0.15, -0.1) is 0 Å². The molecule has 5 heteroatoms. The van der Waals surface area contributed by atoms with Crippen molar-refractivity contribution in [1.82, 2.24) is 0 Å². The average Bonchev–Trinajstić information content (AvgIpc) is 3.04. The van der Waals surface area contributed by atoms with Gasteiger partial charge in [0.2, 0.25) is 11.4 Å². The summed E-state index contributed by atoms with van der Waals surface area (Å²) in [6.07, 6.45) is 0. The molecule has 0 fully saturated rings. The minimum absolute atomic E-state index is 0.508. The summed E-state index contributed by atoms with van der Waals surface area (Å²) in [6, 6.07) is 27.9. The van der Waals surface area contributed by atoms with Crippen LogP contribution in [0.2, 0.25) is 5.02 Å². The number of aliphatic hydroxyl groups is 2. The molecule has 4 aromatic rings. The number of aliphatic hydroxyl groups excluding tert-OH is 2. The van der Waals surface area contributed by atoms with Gasteiger partial charge in [0, 0.05) is 21.7 Å². The number of rotatable bonds is 3. The summed E-state index contributed by atoms with van der Waals surface area (Å²) in [7, 11) is 0. The van der Waals surface area contributed by atoms with Crippen LogP contribution in [0, 0.1) is 0 Å². The van der Waals surface area contributed by atoms with Crippen molar-refractivity contribution in [3.63, 3.8) is 0 Å². The summed E-state index contributed by atoms with van der Waals surface area (Å²) in [6.45, 7) is 0. The van der Waals surface area contributed by atoms with Crippen molar-refractivity contribution in [2.45, 2.75) is 5.60 Å². The predicted molar refractivity (Wildman–Crippen MR) is 120 cm³/mol. The Kier molecular flexibility index (Phi) is 4.45. The molecular weight excluding hydrogens is 412 g/mol. The maximum Gasteiger partial charge on any atom is 0.378 e. The molecule has 1 atom stereocenters. The number of carbonyl (C=O) groups is 1. The van der Waals surface area contributed by atoms with Crippen molar-refractivity contribution in [3.05, 3.63) is 119 Å². The van der Waals surface area contributed by atoms with Gasteiger partial charge in [0.25, 0.3) is 0 Å². The predicted octanol–water partition coefficient (Wildman–Crippen LogP) is 6.29. The zero-order valence-electron chi connectivity index (χ0n) is 16.2. The Morgan fingerprint density at radius 1 is 0.742 bits per heavy atom. The zero-order chi connectivity index (χ0) is 21.6. The summed E-state index contributed by atoms with van der Waals surface area (Å²) >= 11 is 6.54. The Hall–Kier alpha value is -3.76. The number of halogens is 1. The number of carbonyl (C=O) groups excluding carboxylic acids is 1. The lowest BCUT2D eigenvalue weighted by Crippen LogP contribution is -2.30. The lowest BCUT2D eigenvalue weighted by atomic mass is 9.84. The molecule has 0 radical (unpaired) electrons. The van der Waals surface area contributed by atoms with E-state index in [1.165, 1.54) is 0 Å². The van der Waals surface area contributed by atoms with Crippen molar-refractivity contribution >= 4 is 28.3 Å². The van der Waals surface area contributed by atoms with Gasteiger partial charge < -0.3 is 14.9 Å². The molecule has 0 saturated heterocycles. The molecule has 1 unspecified atom stereocenters. The van der Waals surface area contributed by atoms with E-state index < -0.39 is 23.1 Å². The van der Waals surface area contributed by atoms with Gasteiger partial charge >= 0.3 is 5.97 Å². The molecule has 0 aliphatic carbocycles. The quantitative estimate of drug-likeness (QED) is 0.376. The van der Waals surface area contributed by atoms with E-state index in [1.807, 2.05) is 54.6 Å². The first-order valence-corrected chi connectivity index (χ1v) is 10.1. The minimum atomic E-state index is -1.61. The summed E-state index contributed by atoms with van der Waals surface area (Å²) < 4.78 is 5.55. The Bertz CT molecular complexity index is 1340. The monoisotopic (exact) mass is 428 g/mol. The molecule has 31 heavy (non-hydrogen) atoms. The van der Waals surface area contributed by atoms with Gasteiger partial charge in [-0.2, -0.15) is 0 Å². The second-order valence-corrected chi connectivity index (χ2v) is 7.76. The van der Waals surface area contributed by atoms with Crippen LogP contribution in [0.1, 0.15) is 11.1 Å². The van der Waals surface area contributed by atoms with Crippen LogP contribution < -0.4 is 0 Å². The lowest BCUT2D eigenvalue weighted by molar-refractivity contribution is -0.147. The van der Waals surface area contributed by atoms with E-state index in [-0.39, 0.29) is 0 Å². The van der Waals surface area contributed by atoms with E-state index in [2.05, 4.69) is 0 Å². The molecule has 1 aliphatic rings. The third kappa shape index (κ3) is 2.87. The summed E-state index contributed by atoms with van der Waals surface area (Å²) in [4.78, 5) is 12.1. The van der Waals surface area contributed by atoms with E-state index in [4.69, 9.17) is 16.3 Å². The number of hydrogen-bond donors (Lipinski definition) is 2. The molecule has 1 heterocycles. The van der Waals surface area contributed by atoms with Gasteiger partial charge in [-0.1, -0.05) is 96.5 Å². The highest BCUT2D eigenvalue weighted by Gasteiger charge is 2.51. The van der Waals surface area contributed by atoms with E-state index in [0.717, 1.165) is 21.9 Å². The third-order valence-corrected chi connectivity index (χ3v) is 5.95. The van der Waals surface area contributed by atoms with Gasteiger partial charge in [0.15, 0.2) is 5.76 Å². The maximum absolute atomic E-state index is 12.1. The highest BCUT2D eigenvalue weighted by molar-refractivity contribution is 6.35. The lowest BCUT2D eigenvalue weighted by Gasteiger charge is -2.29. The van der Waals surface area contributed by atoms with Crippen molar-refractivity contribution in [1.29, 1.82) is 0 Å². The van der Waals surface area contributed by atoms with Crippen LogP contribution in [0.15, 0.2) is 103 Å². The van der Waals surface area contributed by atoms with Gasteiger partial charge in [-0.3, -0.25) is 0 Å². The molecule has 0 spiro atoms. The molecule has 0 saturated carbocycles. The van der Waals surface area contributed by atoms with Gasteiger partial charge in [-0.25, -0.2) is 4.79 Å². The van der Waals surface area contributed by atoms with Crippen molar-refractivity contribution in [3.8, 4) is 11.1 Å². The van der Waals surface area contributed by atoms with Crippen LogP contribution in [0.3, 0.4) is 0 Å². The molecule has 2 N–H and O–H groups in total. The topological polar surface area (TPSA) is 66.8 Å². The van der Waals surface area contributed by atoms with E-state index in [1.54, 1.807) is 36.4 Å². The normalized spacial score (nSPS) is 18.4. The van der Waals surface area contributed by atoms with Crippen molar-refractivity contribution in [2.75, 3.05) is 0 Å². The molecule has 4 nitrogen and oxygen atoms in total. The smallest absolute Gasteiger partial charge is 0.378 e. The largest absolute Gasteiger partial charge is 0.504 e. The first-order valence-electron chi connectivity index (χ1n) is 9.72. The highest BCUT2D eigenvalue weighted by Crippen LogP contribution is 2.45. The number of esters is 1. The summed E-state index contributed by atoms with van der Waals surface area (Å²) in [5.41, 5.74) is 1.20. The SMILES string of the molecule is O=C1OC(c2ccccc2)(c2ccc(-c3c(Cl)ccc4ccccc34)cc2)C(O)=C1O. The number of ether oxygens (including phenoxy) is 1. The van der Waals surface area contributed by atoms with Gasteiger partial charge in [0.05, 0.1) is 0 Å². The molecule has 5 rings (SSSR count). The Labute approximate surface area is 183 Å². The molecule has 0 amide bonds. The first kappa shape index (κ1) is 19.2. The molecule has 152 valence electrons. The Morgan fingerprint density at radius 2 is 1.39 bits per heavy atom. The zero-order valence-corrected chi connectivity index (χ0v) is 17.0. The van der Waals surface area contributed by atoms with Crippen LogP contribution >= 0.6 is 11.6 Å². The second kappa shape index (κ2) is 7.18. The highest BCUT2D eigenvalue weighted by atomic mass is 35.5. The van der Waals surface area contributed by atoms with E-state index >= 15 is 0 Å². The molecule has 0 aromatic heterocycles. The fourth-order valence-corrected chi connectivity index (χ4v) is 4.41. The molecule has 4 aromatic carbocycles. The number of fused-ring (bicyclic) bond motifs is 1. The third-order valence-electron chi connectivity index (χ3n) is 5.64. The molecular formula is C26H17ClO4. The fourth-order valence-electron chi connectivity index (χ4n) is 4.14. The molecule has 1 aliphatic heterocycles. The van der Waals surface area contributed by atoms with Gasteiger partial charge in [-0.05, 0) is 22.4 Å². The Morgan fingerprint density at radius 3 is 2.06 bits per heavy atom. The number of hydrogen-bond acceptors (Lipinski definition) is 4. The fraction of sp³-hybridized carbons (Fsp3) is 0.0385.